The van der Waals surface area contributed by atoms with Gasteiger partial charge in [0, 0.05) is 6.54 Å². The van der Waals surface area contributed by atoms with Crippen molar-refractivity contribution in [2.45, 2.75) is 13.0 Å². The van der Waals surface area contributed by atoms with Crippen LogP contribution in [0.5, 0.6) is 0 Å². The molecule has 0 aromatic heterocycles. The predicted octanol–water partition coefficient (Wildman–Crippen LogP) is 2.11. The van der Waals surface area contributed by atoms with Gasteiger partial charge in [0.15, 0.2) is 0 Å². The minimum absolute atomic E-state index is 0.0197. The highest BCUT2D eigenvalue weighted by atomic mass is 35.5. The fourth-order valence-electron chi connectivity index (χ4n) is 2.06. The number of halogens is 1. The maximum Gasteiger partial charge on any atom is 0.300 e. The zero-order chi connectivity index (χ0) is 14.0. The van der Waals surface area contributed by atoms with Gasteiger partial charge in [0.1, 0.15) is 10.6 Å². The summed E-state index contributed by atoms with van der Waals surface area (Å²) in [6.07, 6.45) is 0. The Kier molecular flexibility index (Phi) is 4.01. The van der Waals surface area contributed by atoms with Crippen LogP contribution < -0.4 is 0 Å². The second kappa shape index (κ2) is 5.54. The first kappa shape index (κ1) is 13.8. The van der Waals surface area contributed by atoms with Crippen LogP contribution in [0.15, 0.2) is 18.2 Å². The van der Waals surface area contributed by atoms with Crippen LogP contribution in [0.1, 0.15) is 17.3 Å². The van der Waals surface area contributed by atoms with E-state index in [9.17, 15) is 14.9 Å². The number of carbonyl (C=O) groups excluding carboxylic acids is 1. The molecule has 0 aliphatic carbocycles. The van der Waals surface area contributed by atoms with E-state index in [4.69, 9.17) is 16.3 Å². The third-order valence-corrected chi connectivity index (χ3v) is 3.33. The molecule has 0 unspecified atom stereocenters. The van der Waals surface area contributed by atoms with E-state index in [0.29, 0.717) is 19.8 Å². The topological polar surface area (TPSA) is 72.7 Å². The molecule has 0 spiro atoms. The van der Waals surface area contributed by atoms with Crippen LogP contribution in [0.2, 0.25) is 5.02 Å². The van der Waals surface area contributed by atoms with Crippen molar-refractivity contribution < 1.29 is 14.5 Å². The number of carbonyl (C=O) groups is 1. The highest BCUT2D eigenvalue weighted by Crippen LogP contribution is 2.29. The van der Waals surface area contributed by atoms with Crippen molar-refractivity contribution in [3.8, 4) is 0 Å². The zero-order valence-electron chi connectivity index (χ0n) is 10.3. The Hall–Kier alpha value is -1.66. The van der Waals surface area contributed by atoms with Crippen LogP contribution in [0.25, 0.3) is 0 Å². The summed E-state index contributed by atoms with van der Waals surface area (Å²) in [4.78, 5) is 24.4. The van der Waals surface area contributed by atoms with Crippen molar-refractivity contribution >= 4 is 23.2 Å². The largest absolute Gasteiger partial charge is 0.377 e. The maximum absolute atomic E-state index is 12.4. The lowest BCUT2D eigenvalue weighted by Crippen LogP contribution is -2.47. The van der Waals surface area contributed by atoms with Gasteiger partial charge in [0.2, 0.25) is 0 Å². The summed E-state index contributed by atoms with van der Waals surface area (Å²) in [7, 11) is 0. The number of nitrogens with zero attached hydrogens (tertiary/aromatic N) is 2. The lowest BCUT2D eigenvalue weighted by atomic mass is 10.1. The van der Waals surface area contributed by atoms with Gasteiger partial charge in [-0.3, -0.25) is 14.9 Å². The van der Waals surface area contributed by atoms with Crippen molar-refractivity contribution in [3.63, 3.8) is 0 Å². The molecule has 102 valence electrons. The number of morpholine rings is 1. The highest BCUT2D eigenvalue weighted by Gasteiger charge is 2.30. The molecule has 0 radical (unpaired) electrons. The average molecular weight is 285 g/mol. The molecule has 2 rings (SSSR count). The Labute approximate surface area is 115 Å². The standard InChI is InChI=1S/C12H13ClN2O4/c1-8-7-19-6-5-14(8)12(16)9-3-2-4-10(13)11(9)15(17)18/h2-4,8H,5-7H2,1H3/t8-/m1/s1. The maximum atomic E-state index is 12.4. The lowest BCUT2D eigenvalue weighted by Gasteiger charge is -2.33. The fraction of sp³-hybridized carbons (Fsp3) is 0.417. The molecule has 1 saturated heterocycles. The molecule has 1 atom stereocenters. The number of nitro benzene ring substituents is 1. The molecule has 6 nitrogen and oxygen atoms in total. The molecule has 1 aliphatic heterocycles. The van der Waals surface area contributed by atoms with Gasteiger partial charge in [-0.15, -0.1) is 0 Å². The van der Waals surface area contributed by atoms with Gasteiger partial charge in [-0.05, 0) is 19.1 Å². The molecular formula is C12H13ClN2O4. The van der Waals surface area contributed by atoms with E-state index in [1.165, 1.54) is 18.2 Å². The Bertz CT molecular complexity index is 520. The van der Waals surface area contributed by atoms with Crippen LogP contribution >= 0.6 is 11.6 Å². The second-order valence-corrected chi connectivity index (χ2v) is 4.72. The minimum atomic E-state index is -0.624. The van der Waals surface area contributed by atoms with Gasteiger partial charge in [-0.25, -0.2) is 0 Å². The zero-order valence-corrected chi connectivity index (χ0v) is 11.1. The van der Waals surface area contributed by atoms with E-state index in [-0.39, 0.29) is 28.2 Å². The van der Waals surface area contributed by atoms with E-state index in [0.717, 1.165) is 0 Å². The SMILES string of the molecule is C[C@@H]1COCCN1C(=O)c1cccc(Cl)c1[N+](=O)[O-]. The third kappa shape index (κ3) is 2.69. The number of benzene rings is 1. The van der Waals surface area contributed by atoms with Crippen molar-refractivity contribution in [2.24, 2.45) is 0 Å². The molecule has 0 saturated carbocycles. The summed E-state index contributed by atoms with van der Waals surface area (Å²) in [5.41, 5.74) is -0.320. The normalized spacial score (nSPS) is 19.3. The molecule has 0 N–H and O–H groups in total. The summed E-state index contributed by atoms with van der Waals surface area (Å²) in [5, 5.41) is 11.0. The van der Waals surface area contributed by atoms with E-state index in [1.54, 1.807) is 4.90 Å². The van der Waals surface area contributed by atoms with Crippen molar-refractivity contribution in [2.75, 3.05) is 19.8 Å². The van der Waals surface area contributed by atoms with Gasteiger partial charge in [-0.2, -0.15) is 0 Å². The molecular weight excluding hydrogens is 272 g/mol. The van der Waals surface area contributed by atoms with Gasteiger partial charge in [0.05, 0.1) is 24.2 Å². The lowest BCUT2D eigenvalue weighted by molar-refractivity contribution is -0.385. The van der Waals surface area contributed by atoms with Crippen molar-refractivity contribution in [3.05, 3.63) is 38.9 Å². The number of rotatable bonds is 2. The molecule has 1 aliphatic rings. The molecule has 1 heterocycles. The van der Waals surface area contributed by atoms with Crippen LogP contribution in [0.3, 0.4) is 0 Å². The van der Waals surface area contributed by atoms with Gasteiger partial charge >= 0.3 is 5.69 Å². The van der Waals surface area contributed by atoms with Crippen LogP contribution in [-0.2, 0) is 4.74 Å². The number of hydrogen-bond donors (Lipinski definition) is 0. The summed E-state index contributed by atoms with van der Waals surface area (Å²) < 4.78 is 5.25. The van der Waals surface area contributed by atoms with E-state index in [1.807, 2.05) is 6.92 Å². The minimum Gasteiger partial charge on any atom is -0.377 e. The van der Waals surface area contributed by atoms with E-state index in [2.05, 4.69) is 0 Å². The molecule has 1 amide bonds. The third-order valence-electron chi connectivity index (χ3n) is 3.03. The Morgan fingerprint density at radius 3 is 2.95 bits per heavy atom. The predicted molar refractivity (Wildman–Crippen MR) is 69.4 cm³/mol. The average Bonchev–Trinajstić information content (AvgIpc) is 2.37. The van der Waals surface area contributed by atoms with Crippen LogP contribution in [0.4, 0.5) is 5.69 Å². The summed E-state index contributed by atoms with van der Waals surface area (Å²) >= 11 is 5.81. The monoisotopic (exact) mass is 284 g/mol. The Morgan fingerprint density at radius 1 is 1.58 bits per heavy atom. The van der Waals surface area contributed by atoms with Crippen LogP contribution in [-0.4, -0.2) is 41.5 Å². The Balaban J connectivity index is 2.38. The van der Waals surface area contributed by atoms with E-state index < -0.39 is 4.92 Å². The number of ether oxygens (including phenoxy) is 1. The number of hydrogen-bond acceptors (Lipinski definition) is 4. The summed E-state index contributed by atoms with van der Waals surface area (Å²) in [5.74, 6) is -0.384. The molecule has 19 heavy (non-hydrogen) atoms. The molecule has 1 aromatic rings. The van der Waals surface area contributed by atoms with Crippen molar-refractivity contribution in [1.29, 1.82) is 0 Å². The van der Waals surface area contributed by atoms with Gasteiger partial charge < -0.3 is 9.64 Å². The molecule has 0 bridgehead atoms. The summed E-state index contributed by atoms with van der Waals surface area (Å²) in [6, 6.07) is 4.25. The van der Waals surface area contributed by atoms with Crippen molar-refractivity contribution in [1.82, 2.24) is 4.90 Å². The van der Waals surface area contributed by atoms with Gasteiger partial charge in [-0.1, -0.05) is 17.7 Å². The number of amides is 1. The van der Waals surface area contributed by atoms with Gasteiger partial charge in [0.25, 0.3) is 5.91 Å². The van der Waals surface area contributed by atoms with E-state index >= 15 is 0 Å². The van der Waals surface area contributed by atoms with Crippen LogP contribution in [0, 0.1) is 10.1 Å². The molecule has 1 fully saturated rings. The molecule has 1 aromatic carbocycles. The first-order valence-electron chi connectivity index (χ1n) is 5.84. The fourth-order valence-corrected chi connectivity index (χ4v) is 2.30. The highest BCUT2D eigenvalue weighted by molar-refractivity contribution is 6.33. The molecule has 7 heteroatoms. The first-order valence-corrected chi connectivity index (χ1v) is 6.21. The number of nitro groups is 1. The first-order chi connectivity index (χ1) is 9.02. The summed E-state index contributed by atoms with van der Waals surface area (Å²) in [6.45, 7) is 3.13. The quantitative estimate of drug-likeness (QED) is 0.616. The second-order valence-electron chi connectivity index (χ2n) is 4.32. The Morgan fingerprint density at radius 2 is 2.32 bits per heavy atom. The smallest absolute Gasteiger partial charge is 0.300 e. The number of para-hydroxylation sites is 1.